The van der Waals surface area contributed by atoms with Gasteiger partial charge in [0, 0.05) is 19.3 Å². The van der Waals surface area contributed by atoms with Crippen LogP contribution in [0.25, 0.3) is 0 Å². The minimum absolute atomic E-state index is 0.196. The van der Waals surface area contributed by atoms with Gasteiger partial charge in [0.05, 0.1) is 11.8 Å². The summed E-state index contributed by atoms with van der Waals surface area (Å²) in [5.74, 6) is -0.196. The van der Waals surface area contributed by atoms with Crippen LogP contribution in [-0.4, -0.2) is 28.2 Å². The average Bonchev–Trinajstić information content (AvgIpc) is 2.68. The molecule has 0 aromatic carbocycles. The van der Waals surface area contributed by atoms with Crippen LogP contribution in [-0.2, 0) is 6.54 Å². The van der Waals surface area contributed by atoms with Gasteiger partial charge in [0.2, 0.25) is 0 Å². The van der Waals surface area contributed by atoms with Crippen molar-refractivity contribution in [3.63, 3.8) is 0 Å². The number of nitrogens with one attached hydrogen (secondary N) is 1. The topological polar surface area (TPSA) is 80.3 Å². The molecule has 0 saturated heterocycles. The normalized spacial score (nSPS) is 12.4. The van der Waals surface area contributed by atoms with E-state index in [1.165, 1.54) is 0 Å². The highest BCUT2D eigenvalue weighted by Crippen LogP contribution is 2.10. The van der Waals surface area contributed by atoms with Gasteiger partial charge in [0.25, 0.3) is 5.91 Å². The number of carbonyl (C=O) groups is 1. The van der Waals surface area contributed by atoms with E-state index in [2.05, 4.69) is 5.32 Å². The van der Waals surface area contributed by atoms with Crippen molar-refractivity contribution in [2.24, 2.45) is 0 Å². The van der Waals surface area contributed by atoms with Gasteiger partial charge in [-0.15, -0.1) is 0 Å². The molecule has 17 heavy (non-hydrogen) atoms. The van der Waals surface area contributed by atoms with E-state index in [1.54, 1.807) is 16.8 Å². The third kappa shape index (κ3) is 3.78. The highest BCUT2D eigenvalue weighted by atomic mass is 16.3. The summed E-state index contributed by atoms with van der Waals surface area (Å²) in [6.07, 6.45) is 2.84. The van der Waals surface area contributed by atoms with E-state index in [0.29, 0.717) is 24.3 Å². The number of rotatable bonds is 6. The Hall–Kier alpha value is -1.49. The van der Waals surface area contributed by atoms with Crippen LogP contribution in [0.3, 0.4) is 0 Å². The number of hydrogen-bond acceptors (Lipinski definition) is 3. The number of hydrogen-bond donors (Lipinski definition) is 3. The number of aromatic nitrogens is 1. The molecule has 96 valence electrons. The first-order chi connectivity index (χ1) is 8.08. The zero-order chi connectivity index (χ0) is 12.8. The average molecular weight is 239 g/mol. The Bertz CT molecular complexity index is 374. The molecule has 0 saturated carbocycles. The Balaban J connectivity index is 2.57. The molecule has 0 spiro atoms. The molecule has 1 heterocycles. The summed E-state index contributed by atoms with van der Waals surface area (Å²) in [5.41, 5.74) is 6.76. The lowest BCUT2D eigenvalue weighted by atomic mass is 10.2. The summed E-state index contributed by atoms with van der Waals surface area (Å²) < 4.78 is 1.79. The molecule has 1 aromatic rings. The van der Waals surface area contributed by atoms with E-state index in [9.17, 15) is 9.90 Å². The van der Waals surface area contributed by atoms with Gasteiger partial charge in [0.1, 0.15) is 5.69 Å². The van der Waals surface area contributed by atoms with Crippen LogP contribution in [0, 0.1) is 0 Å². The van der Waals surface area contributed by atoms with E-state index in [4.69, 9.17) is 5.73 Å². The SMILES string of the molecule is CCCC(O)CNC(=O)c1cc(N)cn1CC. The summed E-state index contributed by atoms with van der Waals surface area (Å²) >= 11 is 0. The second-order valence-corrected chi connectivity index (χ2v) is 4.10. The minimum Gasteiger partial charge on any atom is -0.397 e. The molecule has 1 rings (SSSR count). The first-order valence-corrected chi connectivity index (χ1v) is 6.00. The Labute approximate surface area is 102 Å². The molecule has 5 heteroatoms. The van der Waals surface area contributed by atoms with Gasteiger partial charge in [-0.3, -0.25) is 4.79 Å². The predicted molar refractivity (Wildman–Crippen MR) is 67.8 cm³/mol. The largest absolute Gasteiger partial charge is 0.397 e. The first kappa shape index (κ1) is 13.6. The van der Waals surface area contributed by atoms with E-state index in [0.717, 1.165) is 6.42 Å². The van der Waals surface area contributed by atoms with Gasteiger partial charge in [-0.25, -0.2) is 0 Å². The van der Waals surface area contributed by atoms with Crippen molar-refractivity contribution < 1.29 is 9.90 Å². The van der Waals surface area contributed by atoms with Gasteiger partial charge in [-0.1, -0.05) is 13.3 Å². The van der Waals surface area contributed by atoms with Crippen molar-refractivity contribution >= 4 is 11.6 Å². The van der Waals surface area contributed by atoms with E-state index < -0.39 is 6.10 Å². The van der Waals surface area contributed by atoms with Crippen LogP contribution in [0.15, 0.2) is 12.3 Å². The lowest BCUT2D eigenvalue weighted by Crippen LogP contribution is -2.33. The maximum Gasteiger partial charge on any atom is 0.268 e. The van der Waals surface area contributed by atoms with Crippen molar-refractivity contribution in [2.75, 3.05) is 12.3 Å². The van der Waals surface area contributed by atoms with Crippen LogP contribution >= 0.6 is 0 Å². The summed E-state index contributed by atoms with van der Waals surface area (Å²) in [4.78, 5) is 11.8. The summed E-state index contributed by atoms with van der Waals surface area (Å²) in [6, 6.07) is 1.64. The Morgan fingerprint density at radius 1 is 1.59 bits per heavy atom. The number of nitrogens with two attached hydrogens (primary N) is 1. The molecule has 5 nitrogen and oxygen atoms in total. The molecule has 0 radical (unpaired) electrons. The molecule has 0 fully saturated rings. The number of anilines is 1. The molecule has 1 amide bonds. The molecule has 4 N–H and O–H groups in total. The number of aryl methyl sites for hydroxylation is 1. The lowest BCUT2D eigenvalue weighted by Gasteiger charge is -2.11. The fourth-order valence-corrected chi connectivity index (χ4v) is 1.72. The van der Waals surface area contributed by atoms with E-state index in [1.807, 2.05) is 13.8 Å². The smallest absolute Gasteiger partial charge is 0.268 e. The van der Waals surface area contributed by atoms with Crippen LogP contribution in [0.4, 0.5) is 5.69 Å². The zero-order valence-electron chi connectivity index (χ0n) is 10.4. The Kier molecular flexibility index (Phi) is 5.03. The van der Waals surface area contributed by atoms with Crippen molar-refractivity contribution in [1.29, 1.82) is 0 Å². The number of carbonyl (C=O) groups excluding carboxylic acids is 1. The Morgan fingerprint density at radius 3 is 2.88 bits per heavy atom. The summed E-state index contributed by atoms with van der Waals surface area (Å²) in [5, 5.41) is 12.2. The lowest BCUT2D eigenvalue weighted by molar-refractivity contribution is 0.0901. The molecular weight excluding hydrogens is 218 g/mol. The van der Waals surface area contributed by atoms with Gasteiger partial charge in [0.15, 0.2) is 0 Å². The maximum absolute atomic E-state index is 11.8. The quantitative estimate of drug-likeness (QED) is 0.692. The standard InChI is InChI=1S/C12H21N3O2/c1-3-5-10(16)7-14-12(17)11-6-9(13)8-15(11)4-2/h6,8,10,16H,3-5,7,13H2,1-2H3,(H,14,17). The second-order valence-electron chi connectivity index (χ2n) is 4.10. The molecule has 0 aliphatic heterocycles. The van der Waals surface area contributed by atoms with E-state index >= 15 is 0 Å². The van der Waals surface area contributed by atoms with Crippen LogP contribution in [0.5, 0.6) is 0 Å². The number of nitrogens with zero attached hydrogens (tertiary/aromatic N) is 1. The molecular formula is C12H21N3O2. The fourth-order valence-electron chi connectivity index (χ4n) is 1.72. The monoisotopic (exact) mass is 239 g/mol. The summed E-state index contributed by atoms with van der Waals surface area (Å²) in [6.45, 7) is 4.91. The van der Waals surface area contributed by atoms with Crippen LogP contribution < -0.4 is 11.1 Å². The van der Waals surface area contributed by atoms with Crippen molar-refractivity contribution in [2.45, 2.75) is 39.3 Å². The molecule has 0 aliphatic carbocycles. The minimum atomic E-state index is -0.480. The number of nitrogen functional groups attached to an aromatic ring is 1. The van der Waals surface area contributed by atoms with E-state index in [-0.39, 0.29) is 12.5 Å². The van der Waals surface area contributed by atoms with Gasteiger partial charge >= 0.3 is 0 Å². The fraction of sp³-hybridized carbons (Fsp3) is 0.583. The number of aliphatic hydroxyl groups excluding tert-OH is 1. The zero-order valence-corrected chi connectivity index (χ0v) is 10.4. The van der Waals surface area contributed by atoms with Crippen molar-refractivity contribution in [3.8, 4) is 0 Å². The second kappa shape index (κ2) is 6.30. The van der Waals surface area contributed by atoms with Crippen molar-refractivity contribution in [1.82, 2.24) is 9.88 Å². The predicted octanol–water partition coefficient (Wildman–Crippen LogP) is 0.981. The Morgan fingerprint density at radius 2 is 2.29 bits per heavy atom. The van der Waals surface area contributed by atoms with Gasteiger partial charge in [-0.2, -0.15) is 0 Å². The highest BCUT2D eigenvalue weighted by Gasteiger charge is 2.13. The first-order valence-electron chi connectivity index (χ1n) is 6.00. The molecule has 1 aromatic heterocycles. The maximum atomic E-state index is 11.8. The van der Waals surface area contributed by atoms with Crippen LogP contribution in [0.1, 0.15) is 37.2 Å². The van der Waals surface area contributed by atoms with Gasteiger partial charge in [-0.05, 0) is 19.4 Å². The molecule has 1 unspecified atom stereocenters. The van der Waals surface area contributed by atoms with Crippen LogP contribution in [0.2, 0.25) is 0 Å². The molecule has 0 aliphatic rings. The molecule has 0 bridgehead atoms. The summed E-state index contributed by atoms with van der Waals surface area (Å²) in [7, 11) is 0. The van der Waals surface area contributed by atoms with Gasteiger partial charge < -0.3 is 20.7 Å². The third-order valence-corrected chi connectivity index (χ3v) is 2.61. The number of amides is 1. The number of aliphatic hydroxyl groups is 1. The van der Waals surface area contributed by atoms with Crippen molar-refractivity contribution in [3.05, 3.63) is 18.0 Å². The third-order valence-electron chi connectivity index (χ3n) is 2.61. The highest BCUT2D eigenvalue weighted by molar-refractivity contribution is 5.93. The molecule has 1 atom stereocenters.